The summed E-state index contributed by atoms with van der Waals surface area (Å²) in [6.45, 7) is -0.0681. The van der Waals surface area contributed by atoms with Crippen molar-refractivity contribution >= 4 is 17.1 Å². The summed E-state index contributed by atoms with van der Waals surface area (Å²) in [7, 11) is 0. The molecule has 3 rings (SSSR count). The van der Waals surface area contributed by atoms with Crippen molar-refractivity contribution in [1.82, 2.24) is 19.5 Å². The van der Waals surface area contributed by atoms with E-state index >= 15 is 0 Å². The Morgan fingerprint density at radius 3 is 3.23 bits per heavy atom. The van der Waals surface area contributed by atoms with Gasteiger partial charge in [0.2, 0.25) is 5.95 Å². The number of aromatic nitrogens is 4. The van der Waals surface area contributed by atoms with E-state index in [1.165, 1.54) is 6.33 Å². The largest absolute Gasteiger partial charge is 0.394 e. The standard InChI is InChI=1S/C13H15N5O4/c1-2-3-21-7-4-9(22-8(7)5-19)18-6-15-10-11(18)16-13(14)17-12(10)20/h1,6-9,19H,3-5H2,(H3,14,16,17,20)/t7-,8-,9-/m1/s1. The zero-order valence-corrected chi connectivity index (χ0v) is 11.6. The second kappa shape index (κ2) is 5.76. The minimum Gasteiger partial charge on any atom is -0.394 e. The summed E-state index contributed by atoms with van der Waals surface area (Å²) in [6.07, 6.45) is 5.76. The monoisotopic (exact) mass is 305 g/mol. The van der Waals surface area contributed by atoms with Gasteiger partial charge in [-0.2, -0.15) is 4.98 Å². The van der Waals surface area contributed by atoms with E-state index in [-0.39, 0.29) is 30.8 Å². The van der Waals surface area contributed by atoms with Crippen molar-refractivity contribution in [2.75, 3.05) is 18.9 Å². The first-order valence-corrected chi connectivity index (χ1v) is 6.67. The molecular weight excluding hydrogens is 290 g/mol. The number of ether oxygens (including phenoxy) is 2. The van der Waals surface area contributed by atoms with Gasteiger partial charge < -0.3 is 20.3 Å². The molecule has 0 spiro atoms. The van der Waals surface area contributed by atoms with Gasteiger partial charge in [-0.25, -0.2) is 4.98 Å². The second-order valence-electron chi connectivity index (χ2n) is 4.88. The number of aromatic amines is 1. The fourth-order valence-corrected chi connectivity index (χ4v) is 2.52. The first-order chi connectivity index (χ1) is 10.6. The van der Waals surface area contributed by atoms with Gasteiger partial charge in [0.15, 0.2) is 11.2 Å². The van der Waals surface area contributed by atoms with Gasteiger partial charge in [0.25, 0.3) is 5.56 Å². The number of nitrogens with zero attached hydrogens (tertiary/aromatic N) is 3. The predicted molar refractivity (Wildman–Crippen MR) is 76.7 cm³/mol. The van der Waals surface area contributed by atoms with Crippen molar-refractivity contribution in [3.05, 3.63) is 16.7 Å². The number of hydrogen-bond acceptors (Lipinski definition) is 7. The van der Waals surface area contributed by atoms with Crippen LogP contribution in [0.3, 0.4) is 0 Å². The molecule has 0 amide bonds. The van der Waals surface area contributed by atoms with E-state index in [1.807, 2.05) is 0 Å². The Morgan fingerprint density at radius 1 is 1.68 bits per heavy atom. The number of imidazole rings is 1. The Bertz CT molecular complexity index is 777. The number of aliphatic hydroxyl groups excluding tert-OH is 1. The Balaban J connectivity index is 1.92. The number of nitrogens with two attached hydrogens (primary N) is 1. The average molecular weight is 305 g/mol. The molecule has 2 aromatic rings. The molecule has 1 aliphatic rings. The maximum Gasteiger partial charge on any atom is 0.280 e. The van der Waals surface area contributed by atoms with Crippen molar-refractivity contribution in [3.8, 4) is 12.3 Å². The Hall–Kier alpha value is -2.41. The predicted octanol–water partition coefficient (Wildman–Crippen LogP) is -1.000. The second-order valence-corrected chi connectivity index (χ2v) is 4.88. The van der Waals surface area contributed by atoms with Gasteiger partial charge in [-0.1, -0.05) is 5.92 Å². The fraction of sp³-hybridized carbons (Fsp3) is 0.462. The molecule has 9 heteroatoms. The molecule has 1 aliphatic heterocycles. The van der Waals surface area contributed by atoms with Crippen LogP contribution >= 0.6 is 0 Å². The summed E-state index contributed by atoms with van der Waals surface area (Å²) in [5.41, 5.74) is 5.64. The number of hydrogen-bond donors (Lipinski definition) is 3. The highest BCUT2D eigenvalue weighted by Gasteiger charge is 2.37. The molecule has 4 N–H and O–H groups in total. The summed E-state index contributed by atoms with van der Waals surface area (Å²) in [4.78, 5) is 22.3. The number of anilines is 1. The first kappa shape index (κ1) is 14.5. The molecule has 1 saturated heterocycles. The zero-order valence-electron chi connectivity index (χ0n) is 11.6. The van der Waals surface area contributed by atoms with Crippen LogP contribution in [0.15, 0.2) is 11.1 Å². The molecular formula is C13H15N5O4. The molecule has 3 heterocycles. The highest BCUT2D eigenvalue weighted by molar-refractivity contribution is 5.70. The minimum absolute atomic E-state index is 0.00362. The van der Waals surface area contributed by atoms with Crippen LogP contribution in [0.1, 0.15) is 12.6 Å². The molecule has 3 atom stereocenters. The molecule has 0 saturated carbocycles. The van der Waals surface area contributed by atoms with E-state index in [0.717, 1.165) is 0 Å². The smallest absolute Gasteiger partial charge is 0.280 e. The molecule has 1 fully saturated rings. The van der Waals surface area contributed by atoms with Crippen molar-refractivity contribution in [2.24, 2.45) is 0 Å². The van der Waals surface area contributed by atoms with Gasteiger partial charge in [0, 0.05) is 6.42 Å². The van der Waals surface area contributed by atoms with E-state index in [0.29, 0.717) is 12.1 Å². The van der Waals surface area contributed by atoms with Gasteiger partial charge in [-0.15, -0.1) is 6.42 Å². The number of nitrogen functional groups attached to an aromatic ring is 1. The summed E-state index contributed by atoms with van der Waals surface area (Å²) in [5.74, 6) is 2.38. The number of rotatable bonds is 4. The number of H-pyrrole nitrogens is 1. The Morgan fingerprint density at radius 2 is 2.50 bits per heavy atom. The van der Waals surface area contributed by atoms with Crippen molar-refractivity contribution in [3.63, 3.8) is 0 Å². The molecule has 0 aromatic carbocycles. The van der Waals surface area contributed by atoms with Crippen LogP contribution in [-0.2, 0) is 9.47 Å². The lowest BCUT2D eigenvalue weighted by atomic mass is 10.2. The van der Waals surface area contributed by atoms with E-state index in [9.17, 15) is 9.90 Å². The quantitative estimate of drug-likeness (QED) is 0.618. The van der Waals surface area contributed by atoms with Gasteiger partial charge in [0.1, 0.15) is 18.9 Å². The highest BCUT2D eigenvalue weighted by atomic mass is 16.6. The topological polar surface area (TPSA) is 128 Å². The van der Waals surface area contributed by atoms with Crippen LogP contribution in [0.4, 0.5) is 5.95 Å². The van der Waals surface area contributed by atoms with Gasteiger partial charge in [-0.05, 0) is 0 Å². The summed E-state index contributed by atoms with van der Waals surface area (Å²) in [5, 5.41) is 9.38. The minimum atomic E-state index is -0.504. The average Bonchev–Trinajstić information content (AvgIpc) is 3.08. The van der Waals surface area contributed by atoms with E-state index in [1.54, 1.807) is 4.57 Å². The number of aliphatic hydroxyl groups is 1. The summed E-state index contributed by atoms with van der Waals surface area (Å²) < 4.78 is 12.8. The lowest BCUT2D eigenvalue weighted by Crippen LogP contribution is -2.27. The van der Waals surface area contributed by atoms with Gasteiger partial charge >= 0.3 is 0 Å². The zero-order chi connectivity index (χ0) is 15.7. The van der Waals surface area contributed by atoms with E-state index < -0.39 is 17.9 Å². The lowest BCUT2D eigenvalue weighted by Gasteiger charge is -2.15. The SMILES string of the molecule is C#CCO[C@@H]1C[C@H](n2cnc3c(=O)[nH]c(N)nc32)O[C@@H]1CO. The lowest BCUT2D eigenvalue weighted by molar-refractivity contribution is -0.0555. The number of nitrogens with one attached hydrogen (secondary N) is 1. The number of fused-ring (bicyclic) bond motifs is 1. The van der Waals surface area contributed by atoms with Gasteiger partial charge in [0.05, 0.1) is 19.0 Å². The third kappa shape index (κ3) is 2.43. The molecule has 0 unspecified atom stereocenters. The maximum absolute atomic E-state index is 11.8. The van der Waals surface area contributed by atoms with Crippen LogP contribution in [0.25, 0.3) is 11.2 Å². The Kier molecular flexibility index (Phi) is 3.81. The fourth-order valence-electron chi connectivity index (χ4n) is 2.52. The Labute approximate surface area is 125 Å². The van der Waals surface area contributed by atoms with Crippen molar-refractivity contribution < 1.29 is 14.6 Å². The van der Waals surface area contributed by atoms with Crippen LogP contribution in [0.2, 0.25) is 0 Å². The first-order valence-electron chi connectivity index (χ1n) is 6.67. The van der Waals surface area contributed by atoms with Crippen molar-refractivity contribution in [2.45, 2.75) is 24.9 Å². The highest BCUT2D eigenvalue weighted by Crippen LogP contribution is 2.32. The molecule has 0 bridgehead atoms. The van der Waals surface area contributed by atoms with Crippen molar-refractivity contribution in [1.29, 1.82) is 0 Å². The third-order valence-corrected chi connectivity index (χ3v) is 3.50. The molecule has 116 valence electrons. The van der Waals surface area contributed by atoms with Crippen LogP contribution in [-0.4, -0.2) is 50.0 Å². The van der Waals surface area contributed by atoms with Gasteiger partial charge in [-0.3, -0.25) is 14.3 Å². The molecule has 0 radical (unpaired) electrons. The van der Waals surface area contributed by atoms with Crippen LogP contribution in [0, 0.1) is 12.3 Å². The van der Waals surface area contributed by atoms with Crippen LogP contribution in [0.5, 0.6) is 0 Å². The van der Waals surface area contributed by atoms with E-state index in [2.05, 4.69) is 20.9 Å². The molecule has 9 nitrogen and oxygen atoms in total. The molecule has 2 aromatic heterocycles. The summed E-state index contributed by atoms with van der Waals surface area (Å²) in [6, 6.07) is 0. The normalized spacial score (nSPS) is 24.6. The van der Waals surface area contributed by atoms with Crippen LogP contribution < -0.4 is 11.3 Å². The molecule has 22 heavy (non-hydrogen) atoms. The maximum atomic E-state index is 11.8. The molecule has 0 aliphatic carbocycles. The summed E-state index contributed by atoms with van der Waals surface area (Å²) >= 11 is 0. The third-order valence-electron chi connectivity index (χ3n) is 3.50. The van der Waals surface area contributed by atoms with E-state index in [4.69, 9.17) is 21.6 Å². The number of terminal acetylenes is 1.